The number of hydrogen-bond acceptors (Lipinski definition) is 3. The fourth-order valence-corrected chi connectivity index (χ4v) is 1.96. The van der Waals surface area contributed by atoms with Gasteiger partial charge in [0.1, 0.15) is 5.82 Å². The van der Waals surface area contributed by atoms with E-state index in [1.165, 1.54) is 5.52 Å². The fraction of sp³-hybridized carbons (Fsp3) is 0.462. The lowest BCUT2D eigenvalue weighted by atomic mass is 10.3. The molecule has 0 unspecified atom stereocenters. The number of fused-ring (bicyclic) bond motifs is 1. The molecule has 1 aromatic carbocycles. The number of hydrogen-bond donors (Lipinski definition) is 0. The van der Waals surface area contributed by atoms with Crippen LogP contribution in [-0.2, 0) is 17.8 Å². The zero-order valence-corrected chi connectivity index (χ0v) is 10.7. The molecular formula is C13H19N3O. The summed E-state index contributed by atoms with van der Waals surface area (Å²) in [5.41, 5.74) is 2.24. The van der Waals surface area contributed by atoms with Crippen LogP contribution >= 0.6 is 0 Å². The summed E-state index contributed by atoms with van der Waals surface area (Å²) in [6.07, 6.45) is 0. The summed E-state index contributed by atoms with van der Waals surface area (Å²) in [4.78, 5) is 6.80. The number of benzene rings is 1. The van der Waals surface area contributed by atoms with Crippen LogP contribution in [0.25, 0.3) is 11.0 Å². The Hall–Kier alpha value is -1.39. The van der Waals surface area contributed by atoms with Gasteiger partial charge >= 0.3 is 0 Å². The van der Waals surface area contributed by atoms with Crippen molar-refractivity contribution in [3.05, 3.63) is 30.1 Å². The molecule has 2 rings (SSSR count). The fourth-order valence-electron chi connectivity index (χ4n) is 1.96. The summed E-state index contributed by atoms with van der Waals surface area (Å²) in [6, 6.07) is 8.23. The smallest absolute Gasteiger partial charge is 0.124 e. The van der Waals surface area contributed by atoms with Crippen molar-refractivity contribution in [2.75, 3.05) is 27.8 Å². The second-order valence-electron chi connectivity index (χ2n) is 4.40. The first-order valence-corrected chi connectivity index (χ1v) is 5.80. The number of imidazole rings is 1. The maximum Gasteiger partial charge on any atom is 0.124 e. The molecule has 0 atom stereocenters. The molecule has 0 bridgehead atoms. The zero-order valence-electron chi connectivity index (χ0n) is 10.7. The van der Waals surface area contributed by atoms with Crippen molar-refractivity contribution in [3.8, 4) is 0 Å². The van der Waals surface area contributed by atoms with Gasteiger partial charge in [0.05, 0.1) is 24.2 Å². The van der Waals surface area contributed by atoms with Crippen molar-refractivity contribution in [2.24, 2.45) is 0 Å². The topological polar surface area (TPSA) is 30.3 Å². The van der Waals surface area contributed by atoms with Crippen LogP contribution in [0.5, 0.6) is 0 Å². The van der Waals surface area contributed by atoms with Crippen LogP contribution in [0.4, 0.5) is 0 Å². The first-order valence-electron chi connectivity index (χ1n) is 5.80. The van der Waals surface area contributed by atoms with Gasteiger partial charge in [-0.05, 0) is 26.2 Å². The van der Waals surface area contributed by atoms with Gasteiger partial charge in [0, 0.05) is 13.7 Å². The molecule has 0 aliphatic heterocycles. The Kier molecular flexibility index (Phi) is 3.76. The average molecular weight is 233 g/mol. The van der Waals surface area contributed by atoms with Crippen molar-refractivity contribution in [3.63, 3.8) is 0 Å². The standard InChI is InChI=1S/C13H19N3O/c1-15(2)10-13-14-11-6-4-5-7-12(11)16(13)8-9-17-3/h4-7H,8-10H2,1-3H3. The SMILES string of the molecule is COCCn1c(CN(C)C)nc2ccccc21. The third-order valence-corrected chi connectivity index (χ3v) is 2.71. The van der Waals surface area contributed by atoms with E-state index in [1.807, 2.05) is 12.1 Å². The first kappa shape index (κ1) is 12.1. The Labute approximate surface area is 102 Å². The second kappa shape index (κ2) is 5.29. The van der Waals surface area contributed by atoms with E-state index in [0.29, 0.717) is 6.61 Å². The third kappa shape index (κ3) is 2.65. The van der Waals surface area contributed by atoms with Crippen LogP contribution < -0.4 is 0 Å². The third-order valence-electron chi connectivity index (χ3n) is 2.71. The molecule has 2 aromatic rings. The molecule has 1 heterocycles. The summed E-state index contributed by atoms with van der Waals surface area (Å²) in [7, 11) is 5.84. The lowest BCUT2D eigenvalue weighted by molar-refractivity contribution is 0.186. The van der Waals surface area contributed by atoms with Crippen LogP contribution in [0.3, 0.4) is 0 Å². The van der Waals surface area contributed by atoms with Crippen LogP contribution in [0.2, 0.25) is 0 Å². The van der Waals surface area contributed by atoms with E-state index in [9.17, 15) is 0 Å². The van der Waals surface area contributed by atoms with Gasteiger partial charge in [0.15, 0.2) is 0 Å². The molecule has 4 nitrogen and oxygen atoms in total. The van der Waals surface area contributed by atoms with Gasteiger partial charge in [0.25, 0.3) is 0 Å². The van der Waals surface area contributed by atoms with Gasteiger partial charge in [-0.2, -0.15) is 0 Å². The summed E-state index contributed by atoms with van der Waals surface area (Å²) in [6.45, 7) is 2.40. The van der Waals surface area contributed by atoms with E-state index in [1.54, 1.807) is 7.11 Å². The van der Waals surface area contributed by atoms with Crippen LogP contribution in [0.15, 0.2) is 24.3 Å². The Morgan fingerprint density at radius 2 is 2.06 bits per heavy atom. The summed E-state index contributed by atoms with van der Waals surface area (Å²) in [5.74, 6) is 1.09. The Morgan fingerprint density at radius 1 is 1.29 bits per heavy atom. The maximum atomic E-state index is 5.16. The molecule has 0 N–H and O–H groups in total. The van der Waals surface area contributed by atoms with Crippen molar-refractivity contribution >= 4 is 11.0 Å². The number of methoxy groups -OCH3 is 1. The minimum atomic E-state index is 0.709. The number of para-hydroxylation sites is 2. The summed E-state index contributed by atoms with van der Waals surface area (Å²) in [5, 5.41) is 0. The van der Waals surface area contributed by atoms with Crippen LogP contribution in [0, 0.1) is 0 Å². The molecule has 0 spiro atoms. The molecule has 0 amide bonds. The normalized spacial score (nSPS) is 11.5. The Balaban J connectivity index is 2.41. The molecule has 0 saturated heterocycles. The molecule has 0 fully saturated rings. The van der Waals surface area contributed by atoms with E-state index >= 15 is 0 Å². The van der Waals surface area contributed by atoms with E-state index in [4.69, 9.17) is 4.74 Å². The highest BCUT2D eigenvalue weighted by Gasteiger charge is 2.10. The van der Waals surface area contributed by atoms with E-state index in [0.717, 1.165) is 24.4 Å². The summed E-state index contributed by atoms with van der Waals surface area (Å²) < 4.78 is 7.40. The monoisotopic (exact) mass is 233 g/mol. The molecule has 1 aromatic heterocycles. The predicted molar refractivity (Wildman–Crippen MR) is 69.0 cm³/mol. The number of nitrogens with zero attached hydrogens (tertiary/aromatic N) is 3. The molecular weight excluding hydrogens is 214 g/mol. The zero-order chi connectivity index (χ0) is 12.3. The Morgan fingerprint density at radius 3 is 2.76 bits per heavy atom. The van der Waals surface area contributed by atoms with Crippen molar-refractivity contribution < 1.29 is 4.74 Å². The first-order chi connectivity index (χ1) is 8.22. The van der Waals surface area contributed by atoms with Gasteiger partial charge < -0.3 is 14.2 Å². The number of rotatable bonds is 5. The minimum absolute atomic E-state index is 0.709. The summed E-state index contributed by atoms with van der Waals surface area (Å²) >= 11 is 0. The van der Waals surface area contributed by atoms with Gasteiger partial charge in [-0.15, -0.1) is 0 Å². The van der Waals surface area contributed by atoms with Crippen LogP contribution in [-0.4, -0.2) is 42.3 Å². The molecule has 0 saturated carbocycles. The largest absolute Gasteiger partial charge is 0.383 e. The van der Waals surface area contributed by atoms with Crippen molar-refractivity contribution in [1.82, 2.24) is 14.5 Å². The van der Waals surface area contributed by atoms with Gasteiger partial charge in [-0.3, -0.25) is 0 Å². The molecule has 0 aliphatic carbocycles. The van der Waals surface area contributed by atoms with Crippen molar-refractivity contribution in [1.29, 1.82) is 0 Å². The number of ether oxygens (including phenoxy) is 1. The van der Waals surface area contributed by atoms with Crippen molar-refractivity contribution in [2.45, 2.75) is 13.1 Å². The average Bonchev–Trinajstić information content (AvgIpc) is 2.63. The highest BCUT2D eigenvalue weighted by atomic mass is 16.5. The lowest BCUT2D eigenvalue weighted by Gasteiger charge is -2.12. The van der Waals surface area contributed by atoms with Crippen LogP contribution in [0.1, 0.15) is 5.82 Å². The number of aromatic nitrogens is 2. The highest BCUT2D eigenvalue weighted by molar-refractivity contribution is 5.75. The van der Waals surface area contributed by atoms with Gasteiger partial charge in [0.2, 0.25) is 0 Å². The van der Waals surface area contributed by atoms with E-state index < -0.39 is 0 Å². The quantitative estimate of drug-likeness (QED) is 0.788. The molecule has 0 aliphatic rings. The van der Waals surface area contributed by atoms with Gasteiger partial charge in [-0.1, -0.05) is 12.1 Å². The molecule has 92 valence electrons. The van der Waals surface area contributed by atoms with E-state index in [2.05, 4.69) is 40.7 Å². The molecule has 0 radical (unpaired) electrons. The highest BCUT2D eigenvalue weighted by Crippen LogP contribution is 2.16. The molecule has 4 heteroatoms. The van der Waals surface area contributed by atoms with E-state index in [-0.39, 0.29) is 0 Å². The second-order valence-corrected chi connectivity index (χ2v) is 4.40. The molecule has 17 heavy (non-hydrogen) atoms. The van der Waals surface area contributed by atoms with Gasteiger partial charge in [-0.25, -0.2) is 4.98 Å². The lowest BCUT2D eigenvalue weighted by Crippen LogP contribution is -2.16. The minimum Gasteiger partial charge on any atom is -0.383 e. The predicted octanol–water partition coefficient (Wildman–Crippen LogP) is 1.74. The Bertz CT molecular complexity index is 490. The maximum absolute atomic E-state index is 5.16.